The number of carbonyl (C=O) groups excluding carboxylic acids is 2. The van der Waals surface area contributed by atoms with Crippen LogP contribution in [0.15, 0.2) is 0 Å². The van der Waals surface area contributed by atoms with E-state index in [4.69, 9.17) is 4.84 Å². The fourth-order valence-electron chi connectivity index (χ4n) is 5.71. The third-order valence-electron chi connectivity index (χ3n) is 8.07. The Kier molecular flexibility index (Phi) is 6.83. The molecule has 2 saturated carbocycles. The Morgan fingerprint density at radius 2 is 1.97 bits per heavy atom. The molecule has 12 nitrogen and oxygen atoms in total. The molecule has 3 aliphatic heterocycles. The molecule has 5 rings (SSSR count). The van der Waals surface area contributed by atoms with Gasteiger partial charge < -0.3 is 4.90 Å². The maximum Gasteiger partial charge on any atom is 0.327 e. The van der Waals surface area contributed by atoms with Crippen LogP contribution in [-0.4, -0.2) is 104 Å². The molecule has 0 spiro atoms. The van der Waals surface area contributed by atoms with E-state index in [9.17, 15) is 22.4 Å². The van der Waals surface area contributed by atoms with Gasteiger partial charge in [0.1, 0.15) is 6.67 Å². The monoisotopic (exact) mass is 517 g/mol. The maximum atomic E-state index is 13.6. The molecule has 3 amide bonds. The van der Waals surface area contributed by atoms with Crippen LogP contribution in [0.1, 0.15) is 45.4 Å². The van der Waals surface area contributed by atoms with Gasteiger partial charge in [-0.2, -0.15) is 5.48 Å². The van der Waals surface area contributed by atoms with Crippen LogP contribution in [0.3, 0.4) is 0 Å². The van der Waals surface area contributed by atoms with Gasteiger partial charge in [0.05, 0.1) is 48.7 Å². The lowest BCUT2D eigenvalue weighted by molar-refractivity contribution is -0.142. The Hall–Kier alpha value is -1.42. The average molecular weight is 518 g/mol. The number of alkyl halides is 1. The maximum absolute atomic E-state index is 13.6. The lowest BCUT2D eigenvalue weighted by atomic mass is 9.80. The predicted octanol–water partition coefficient (Wildman–Crippen LogP) is -0.785. The Labute approximate surface area is 205 Å². The van der Waals surface area contributed by atoms with Gasteiger partial charge in [0.2, 0.25) is 15.9 Å². The summed E-state index contributed by atoms with van der Waals surface area (Å²) in [6, 6.07) is -0.636. The second-order valence-electron chi connectivity index (χ2n) is 10.8. The summed E-state index contributed by atoms with van der Waals surface area (Å²) >= 11 is 0. The number of halogens is 1. The first kappa shape index (κ1) is 25.2. The molecule has 3 saturated heterocycles. The molecule has 198 valence electrons. The van der Waals surface area contributed by atoms with E-state index in [0.717, 1.165) is 0 Å². The van der Waals surface area contributed by atoms with Crippen LogP contribution < -0.4 is 21.1 Å². The number of hydrogen-bond donors (Lipinski definition) is 4. The summed E-state index contributed by atoms with van der Waals surface area (Å²) in [4.78, 5) is 37.7. The highest BCUT2D eigenvalue weighted by Crippen LogP contribution is 2.41. The zero-order valence-electron chi connectivity index (χ0n) is 20.2. The topological polar surface area (TPSA) is 135 Å². The van der Waals surface area contributed by atoms with Gasteiger partial charge in [0.25, 0.3) is 0 Å². The minimum absolute atomic E-state index is 0.105. The summed E-state index contributed by atoms with van der Waals surface area (Å²) in [7, 11) is -1.87. The van der Waals surface area contributed by atoms with Crippen molar-refractivity contribution in [2.24, 2.45) is 5.92 Å². The molecule has 4 N–H and O–H groups in total. The number of likely N-dealkylation sites (N-methyl/N-ethyl adjacent to an activating group) is 1. The lowest BCUT2D eigenvalue weighted by Gasteiger charge is -2.49. The van der Waals surface area contributed by atoms with Gasteiger partial charge in [-0.1, -0.05) is 0 Å². The highest BCUT2D eigenvalue weighted by atomic mass is 32.2. The molecule has 0 radical (unpaired) electrons. The number of amides is 3. The molecular formula is C21H36FN7O5S. The number of fused-ring (bicyclic) bond motifs is 1. The van der Waals surface area contributed by atoms with Crippen molar-refractivity contribution in [1.82, 2.24) is 35.8 Å². The van der Waals surface area contributed by atoms with Crippen molar-refractivity contribution in [2.45, 2.75) is 80.6 Å². The summed E-state index contributed by atoms with van der Waals surface area (Å²) in [6.07, 6.45) is 1.99. The summed E-state index contributed by atoms with van der Waals surface area (Å²) in [6.45, 7) is 2.31. The van der Waals surface area contributed by atoms with Crippen LogP contribution in [0.25, 0.3) is 0 Å². The lowest BCUT2D eigenvalue weighted by Crippen LogP contribution is -2.67. The molecule has 0 aromatic rings. The first-order chi connectivity index (χ1) is 16.6. The highest BCUT2D eigenvalue weighted by molar-refractivity contribution is 7.90. The van der Waals surface area contributed by atoms with E-state index in [1.807, 2.05) is 18.9 Å². The van der Waals surface area contributed by atoms with Crippen molar-refractivity contribution >= 4 is 22.0 Å². The molecule has 2 aliphatic carbocycles. The van der Waals surface area contributed by atoms with E-state index in [1.165, 1.54) is 4.90 Å². The third-order valence-corrected chi connectivity index (χ3v) is 10.1. The van der Waals surface area contributed by atoms with Gasteiger partial charge in [0, 0.05) is 12.1 Å². The zero-order valence-corrected chi connectivity index (χ0v) is 21.0. The van der Waals surface area contributed by atoms with Gasteiger partial charge in [-0.05, 0) is 52.5 Å². The first-order valence-electron chi connectivity index (χ1n) is 12.4. The largest absolute Gasteiger partial charge is 0.327 e. The Morgan fingerprint density at radius 3 is 2.57 bits per heavy atom. The number of rotatable bonds is 8. The Balaban J connectivity index is 1.37. The molecule has 5 fully saturated rings. The number of imide groups is 1. The fraction of sp³-hybridized carbons (Fsp3) is 0.905. The normalized spacial score (nSPS) is 37.7. The minimum atomic E-state index is -3.80. The molecule has 14 heteroatoms. The second-order valence-corrected chi connectivity index (χ2v) is 12.8. The first-order valence-corrected chi connectivity index (χ1v) is 14.0. The van der Waals surface area contributed by atoms with E-state index in [1.54, 1.807) is 4.90 Å². The number of sulfonamides is 1. The average Bonchev–Trinajstić information content (AvgIpc) is 3.27. The summed E-state index contributed by atoms with van der Waals surface area (Å²) in [5.41, 5.74) is 8.10. The molecule has 0 aromatic carbocycles. The van der Waals surface area contributed by atoms with Crippen LogP contribution in [-0.2, 0) is 19.7 Å². The number of nitrogens with zero attached hydrogens (tertiary/aromatic N) is 3. The number of carbonyl (C=O) groups is 2. The SMILES string of the molecule is CC1CC(CN2C(=O)C3CC(S(=O)(=O)NC4(CF)CC4)CCC3N(CC3NNCN3C)C2=O)ON1. The quantitative estimate of drug-likeness (QED) is 0.327. The predicted molar refractivity (Wildman–Crippen MR) is 124 cm³/mol. The van der Waals surface area contributed by atoms with Crippen LogP contribution in [0.5, 0.6) is 0 Å². The number of urea groups is 1. The van der Waals surface area contributed by atoms with Crippen molar-refractivity contribution in [1.29, 1.82) is 0 Å². The summed E-state index contributed by atoms with van der Waals surface area (Å²) in [5, 5.41) is -0.799. The van der Waals surface area contributed by atoms with Crippen LogP contribution in [0.4, 0.5) is 9.18 Å². The van der Waals surface area contributed by atoms with Crippen molar-refractivity contribution in [3.63, 3.8) is 0 Å². The Bertz CT molecular complexity index is 950. The number of hydrazine groups is 1. The number of hydroxylamine groups is 1. The zero-order chi connectivity index (χ0) is 25.0. The van der Waals surface area contributed by atoms with Gasteiger partial charge in [-0.15, -0.1) is 0 Å². The smallest absolute Gasteiger partial charge is 0.318 e. The van der Waals surface area contributed by atoms with Gasteiger partial charge in [-0.25, -0.2) is 33.2 Å². The molecule has 0 aromatic heterocycles. The molecule has 5 aliphatic rings. The molecule has 0 bridgehead atoms. The van der Waals surface area contributed by atoms with E-state index < -0.39 is 33.4 Å². The second kappa shape index (κ2) is 9.47. The van der Waals surface area contributed by atoms with E-state index in [0.29, 0.717) is 45.3 Å². The van der Waals surface area contributed by atoms with Gasteiger partial charge in [-0.3, -0.25) is 19.4 Å². The standard InChI is InChI=1S/C21H36FN7O5S/c1-13-7-14(34-25-13)9-29-19(30)16-8-15(35(32,33)26-21(11-22)5-6-21)3-4-17(16)28(20(29)31)10-18-24-23-12-27(18)2/h13-18,23-26H,3-12H2,1-2H3. The van der Waals surface area contributed by atoms with E-state index in [-0.39, 0.29) is 49.3 Å². The highest BCUT2D eigenvalue weighted by Gasteiger charge is 2.54. The molecule has 6 unspecified atom stereocenters. The van der Waals surface area contributed by atoms with E-state index >= 15 is 0 Å². The van der Waals surface area contributed by atoms with Gasteiger partial charge in [0.15, 0.2) is 0 Å². The van der Waals surface area contributed by atoms with Crippen molar-refractivity contribution < 1.29 is 27.2 Å². The number of nitrogens with one attached hydrogen (secondary N) is 4. The van der Waals surface area contributed by atoms with Crippen molar-refractivity contribution in [2.75, 3.05) is 33.5 Å². The molecular weight excluding hydrogens is 481 g/mol. The van der Waals surface area contributed by atoms with Crippen molar-refractivity contribution in [3.8, 4) is 0 Å². The van der Waals surface area contributed by atoms with Crippen LogP contribution in [0, 0.1) is 5.92 Å². The van der Waals surface area contributed by atoms with Crippen LogP contribution >= 0.6 is 0 Å². The summed E-state index contributed by atoms with van der Waals surface area (Å²) in [5.74, 6) is -0.994. The van der Waals surface area contributed by atoms with Gasteiger partial charge >= 0.3 is 6.03 Å². The minimum Gasteiger partial charge on any atom is -0.318 e. The molecule has 6 atom stereocenters. The van der Waals surface area contributed by atoms with Crippen molar-refractivity contribution in [3.05, 3.63) is 0 Å². The van der Waals surface area contributed by atoms with Crippen LogP contribution in [0.2, 0.25) is 0 Å². The molecule has 35 heavy (non-hydrogen) atoms. The van der Waals surface area contributed by atoms with E-state index in [2.05, 4.69) is 21.1 Å². The molecule has 3 heterocycles. The fourth-order valence-corrected chi connectivity index (χ4v) is 7.64. The number of hydrogen-bond acceptors (Lipinski definition) is 9. The third kappa shape index (κ3) is 4.93. The summed E-state index contributed by atoms with van der Waals surface area (Å²) < 4.78 is 42.2. The Morgan fingerprint density at radius 1 is 1.20 bits per heavy atom.